The number of aromatic nitrogens is 3. The molecule has 0 radical (unpaired) electrons. The normalized spacial score (nSPS) is 18.7. The first-order chi connectivity index (χ1) is 8.72. The maximum absolute atomic E-state index is 6.05. The maximum Gasteiger partial charge on any atom is 0.155 e. The number of benzene rings is 1. The number of halogens is 1. The van der Waals surface area contributed by atoms with E-state index < -0.39 is 0 Å². The molecule has 0 amide bonds. The summed E-state index contributed by atoms with van der Waals surface area (Å²) in [6.07, 6.45) is 2.86. The van der Waals surface area contributed by atoms with Gasteiger partial charge < -0.3 is 5.73 Å². The average Bonchev–Trinajstić information content (AvgIpc) is 2.73. The molecule has 18 heavy (non-hydrogen) atoms. The summed E-state index contributed by atoms with van der Waals surface area (Å²) in [6.45, 7) is 0.939. The maximum atomic E-state index is 6.05. The van der Waals surface area contributed by atoms with Gasteiger partial charge in [-0.2, -0.15) is 5.10 Å². The Bertz CT molecular complexity index is 564. The molecule has 94 valence electrons. The zero-order chi connectivity index (χ0) is 12.5. The minimum Gasteiger partial charge on any atom is -0.321 e. The molecular formula is C13H15BrN4. The van der Waals surface area contributed by atoms with Gasteiger partial charge in [0.1, 0.15) is 5.82 Å². The third-order valence-electron chi connectivity index (χ3n) is 3.21. The van der Waals surface area contributed by atoms with E-state index in [9.17, 15) is 0 Å². The lowest BCUT2D eigenvalue weighted by molar-refractivity contribution is 0.421. The van der Waals surface area contributed by atoms with Crippen molar-refractivity contribution in [2.75, 3.05) is 0 Å². The average molecular weight is 307 g/mol. The molecule has 2 N–H and O–H groups in total. The highest BCUT2D eigenvalue weighted by Gasteiger charge is 2.20. The van der Waals surface area contributed by atoms with E-state index in [1.165, 1.54) is 5.56 Å². The molecule has 1 aromatic heterocycles. The minimum absolute atomic E-state index is 0.0440. The molecule has 1 atom stereocenters. The Morgan fingerprint density at radius 1 is 1.44 bits per heavy atom. The van der Waals surface area contributed by atoms with E-state index in [0.29, 0.717) is 0 Å². The van der Waals surface area contributed by atoms with Crippen molar-refractivity contribution in [2.45, 2.75) is 31.8 Å². The third-order valence-corrected chi connectivity index (χ3v) is 3.71. The number of aryl methyl sites for hydroxylation is 1. The fourth-order valence-corrected chi connectivity index (χ4v) is 2.78. The van der Waals surface area contributed by atoms with Crippen molar-refractivity contribution in [3.63, 3.8) is 0 Å². The van der Waals surface area contributed by atoms with E-state index >= 15 is 0 Å². The standard InChI is InChI=1S/C13H15BrN4/c14-10-4-1-3-9(7-10)8-12-16-13-11(15)5-2-6-18(13)17-12/h1,3-4,7,11H,2,5-6,8,15H2. The first-order valence-electron chi connectivity index (χ1n) is 6.16. The summed E-state index contributed by atoms with van der Waals surface area (Å²) in [5.74, 6) is 1.80. The summed E-state index contributed by atoms with van der Waals surface area (Å²) in [5, 5.41) is 4.54. The number of hydrogen-bond donors (Lipinski definition) is 1. The molecule has 0 fully saturated rings. The highest BCUT2D eigenvalue weighted by Crippen LogP contribution is 2.21. The first kappa shape index (κ1) is 11.9. The molecule has 3 rings (SSSR count). The Morgan fingerprint density at radius 2 is 2.33 bits per heavy atom. The van der Waals surface area contributed by atoms with Gasteiger partial charge in [0.15, 0.2) is 5.82 Å². The second kappa shape index (κ2) is 4.82. The lowest BCUT2D eigenvalue weighted by Gasteiger charge is -2.17. The molecule has 4 nitrogen and oxygen atoms in total. The van der Waals surface area contributed by atoms with Gasteiger partial charge >= 0.3 is 0 Å². The Balaban J connectivity index is 1.85. The lowest BCUT2D eigenvalue weighted by Crippen LogP contribution is -2.22. The van der Waals surface area contributed by atoms with E-state index in [1.807, 2.05) is 16.8 Å². The van der Waals surface area contributed by atoms with E-state index in [0.717, 1.165) is 41.9 Å². The van der Waals surface area contributed by atoms with Crippen LogP contribution in [0.3, 0.4) is 0 Å². The molecule has 5 heteroatoms. The predicted octanol–water partition coefficient (Wildman–Crippen LogP) is 2.43. The number of rotatable bonds is 2. The van der Waals surface area contributed by atoms with Crippen LogP contribution in [-0.4, -0.2) is 14.8 Å². The number of fused-ring (bicyclic) bond motifs is 1. The fourth-order valence-electron chi connectivity index (χ4n) is 2.34. The molecule has 0 saturated carbocycles. The first-order valence-corrected chi connectivity index (χ1v) is 6.95. The predicted molar refractivity (Wildman–Crippen MR) is 73.1 cm³/mol. The second-order valence-corrected chi connectivity index (χ2v) is 5.58. The highest BCUT2D eigenvalue weighted by molar-refractivity contribution is 9.10. The molecule has 1 unspecified atom stereocenters. The summed E-state index contributed by atoms with van der Waals surface area (Å²) < 4.78 is 3.04. The van der Waals surface area contributed by atoms with E-state index in [1.54, 1.807) is 0 Å². The van der Waals surface area contributed by atoms with Crippen LogP contribution in [0.25, 0.3) is 0 Å². The molecule has 1 aromatic carbocycles. The molecule has 0 saturated heterocycles. The van der Waals surface area contributed by atoms with Crippen LogP contribution >= 0.6 is 15.9 Å². The molecule has 1 aliphatic rings. The molecule has 0 bridgehead atoms. The van der Waals surface area contributed by atoms with Crippen molar-refractivity contribution >= 4 is 15.9 Å². The number of nitrogens with zero attached hydrogens (tertiary/aromatic N) is 3. The van der Waals surface area contributed by atoms with Crippen molar-refractivity contribution in [1.29, 1.82) is 0 Å². The largest absolute Gasteiger partial charge is 0.321 e. The van der Waals surface area contributed by atoms with Crippen molar-refractivity contribution in [1.82, 2.24) is 14.8 Å². The van der Waals surface area contributed by atoms with Crippen LogP contribution in [0.1, 0.15) is 36.1 Å². The summed E-state index contributed by atoms with van der Waals surface area (Å²) >= 11 is 3.48. The summed E-state index contributed by atoms with van der Waals surface area (Å²) in [4.78, 5) is 4.57. The van der Waals surface area contributed by atoms with Crippen LogP contribution in [0.2, 0.25) is 0 Å². The zero-order valence-corrected chi connectivity index (χ0v) is 11.6. The Kier molecular flexibility index (Phi) is 3.18. The van der Waals surface area contributed by atoms with Crippen LogP contribution in [0.15, 0.2) is 28.7 Å². The summed E-state index contributed by atoms with van der Waals surface area (Å²) in [7, 11) is 0. The Morgan fingerprint density at radius 3 is 3.11 bits per heavy atom. The minimum atomic E-state index is 0.0440. The van der Waals surface area contributed by atoms with Crippen LogP contribution in [-0.2, 0) is 13.0 Å². The van der Waals surface area contributed by atoms with Gasteiger partial charge in [-0.3, -0.25) is 0 Å². The van der Waals surface area contributed by atoms with Gasteiger partial charge in [-0.1, -0.05) is 28.1 Å². The van der Waals surface area contributed by atoms with Gasteiger partial charge in [0, 0.05) is 17.4 Å². The van der Waals surface area contributed by atoms with Gasteiger partial charge in [-0.15, -0.1) is 0 Å². The quantitative estimate of drug-likeness (QED) is 0.927. The van der Waals surface area contributed by atoms with Crippen molar-refractivity contribution in [3.05, 3.63) is 46.0 Å². The highest BCUT2D eigenvalue weighted by atomic mass is 79.9. The smallest absolute Gasteiger partial charge is 0.155 e. The molecule has 2 heterocycles. The zero-order valence-electron chi connectivity index (χ0n) is 10.0. The van der Waals surface area contributed by atoms with E-state index in [-0.39, 0.29) is 6.04 Å². The second-order valence-electron chi connectivity index (χ2n) is 4.66. The summed E-state index contributed by atoms with van der Waals surface area (Å²) in [6, 6.07) is 8.28. The van der Waals surface area contributed by atoms with Gasteiger partial charge in [0.05, 0.1) is 6.04 Å². The van der Waals surface area contributed by atoms with Crippen molar-refractivity contribution in [3.8, 4) is 0 Å². The number of hydrogen-bond acceptors (Lipinski definition) is 3. The van der Waals surface area contributed by atoms with E-state index in [4.69, 9.17) is 5.73 Å². The van der Waals surface area contributed by atoms with Gasteiger partial charge in [-0.05, 0) is 30.5 Å². The third kappa shape index (κ3) is 2.33. The molecule has 2 aromatic rings. The van der Waals surface area contributed by atoms with Crippen molar-refractivity contribution in [2.24, 2.45) is 5.73 Å². The lowest BCUT2D eigenvalue weighted by atomic mass is 10.1. The van der Waals surface area contributed by atoms with Crippen LogP contribution in [0.5, 0.6) is 0 Å². The SMILES string of the molecule is NC1CCCn2nc(Cc3cccc(Br)c3)nc21. The topological polar surface area (TPSA) is 56.7 Å². The van der Waals surface area contributed by atoms with Gasteiger partial charge in [-0.25, -0.2) is 9.67 Å². The van der Waals surface area contributed by atoms with Crippen LogP contribution in [0, 0.1) is 0 Å². The fraction of sp³-hybridized carbons (Fsp3) is 0.385. The van der Waals surface area contributed by atoms with Gasteiger partial charge in [0.25, 0.3) is 0 Å². The Labute approximate surface area is 114 Å². The molecule has 0 aliphatic carbocycles. The molecular weight excluding hydrogens is 292 g/mol. The molecule has 1 aliphatic heterocycles. The van der Waals surface area contributed by atoms with Gasteiger partial charge in [0.2, 0.25) is 0 Å². The van der Waals surface area contributed by atoms with E-state index in [2.05, 4.69) is 38.1 Å². The summed E-state index contributed by atoms with van der Waals surface area (Å²) in [5.41, 5.74) is 7.26. The molecule has 0 spiro atoms. The van der Waals surface area contributed by atoms with Crippen molar-refractivity contribution < 1.29 is 0 Å². The van der Waals surface area contributed by atoms with Crippen LogP contribution < -0.4 is 5.73 Å². The monoisotopic (exact) mass is 306 g/mol. The Hall–Kier alpha value is -1.20. The number of nitrogens with two attached hydrogens (primary N) is 1. The van der Waals surface area contributed by atoms with Crippen LogP contribution in [0.4, 0.5) is 0 Å².